The van der Waals surface area contributed by atoms with Gasteiger partial charge in [0.15, 0.2) is 6.61 Å². The third-order valence-corrected chi connectivity index (χ3v) is 4.84. The standard InChI is InChI=1S/C21H19N3O4S/c1-24(2)21(27)14-7-9-15(10-8-14)22-18(25)13-28-20(26)12-11-19-23-16-5-3-4-6-17(16)29-19/h3-12H,13H2,1-2H3,(H,22,25)/b12-11+. The molecule has 0 atom stereocenters. The first-order chi connectivity index (χ1) is 13.9. The summed E-state index contributed by atoms with van der Waals surface area (Å²) in [6.07, 6.45) is 2.80. The second kappa shape index (κ2) is 9.11. The van der Waals surface area contributed by atoms with Gasteiger partial charge in [-0.15, -0.1) is 11.3 Å². The first kappa shape index (κ1) is 20.2. The molecule has 8 heteroatoms. The predicted molar refractivity (Wildman–Crippen MR) is 113 cm³/mol. The van der Waals surface area contributed by atoms with Crippen LogP contribution >= 0.6 is 11.3 Å². The zero-order chi connectivity index (χ0) is 20.8. The molecule has 3 aromatic rings. The molecule has 0 radical (unpaired) electrons. The third-order valence-electron chi connectivity index (χ3n) is 3.84. The molecule has 1 heterocycles. The number of hydrogen-bond acceptors (Lipinski definition) is 6. The van der Waals surface area contributed by atoms with Crippen molar-refractivity contribution in [3.05, 3.63) is 65.2 Å². The molecule has 2 amide bonds. The van der Waals surface area contributed by atoms with Crippen molar-refractivity contribution in [1.29, 1.82) is 0 Å². The second-order valence-corrected chi connectivity index (χ2v) is 7.35. The number of ether oxygens (including phenoxy) is 1. The van der Waals surface area contributed by atoms with Gasteiger partial charge in [0, 0.05) is 31.4 Å². The SMILES string of the molecule is CN(C)C(=O)c1ccc(NC(=O)COC(=O)/C=C/c2nc3ccccc3s2)cc1. The van der Waals surface area contributed by atoms with Crippen molar-refractivity contribution in [3.63, 3.8) is 0 Å². The van der Waals surface area contributed by atoms with E-state index in [1.807, 2.05) is 24.3 Å². The maximum absolute atomic E-state index is 11.9. The zero-order valence-electron chi connectivity index (χ0n) is 15.9. The van der Waals surface area contributed by atoms with Gasteiger partial charge >= 0.3 is 5.97 Å². The van der Waals surface area contributed by atoms with E-state index in [1.54, 1.807) is 44.4 Å². The molecule has 3 rings (SSSR count). The number of nitrogens with one attached hydrogen (secondary N) is 1. The maximum Gasteiger partial charge on any atom is 0.331 e. The van der Waals surface area contributed by atoms with Crippen molar-refractivity contribution < 1.29 is 19.1 Å². The van der Waals surface area contributed by atoms with Crippen molar-refractivity contribution in [2.45, 2.75) is 0 Å². The monoisotopic (exact) mass is 409 g/mol. The minimum Gasteiger partial charge on any atom is -0.452 e. The Kier molecular flexibility index (Phi) is 6.36. The normalized spacial score (nSPS) is 10.8. The van der Waals surface area contributed by atoms with Gasteiger partial charge in [-0.25, -0.2) is 9.78 Å². The lowest BCUT2D eigenvalue weighted by molar-refractivity contribution is -0.142. The summed E-state index contributed by atoms with van der Waals surface area (Å²) in [6, 6.07) is 14.1. The number of hydrogen-bond donors (Lipinski definition) is 1. The molecule has 7 nitrogen and oxygen atoms in total. The molecular weight excluding hydrogens is 390 g/mol. The van der Waals surface area contributed by atoms with E-state index >= 15 is 0 Å². The minimum absolute atomic E-state index is 0.128. The molecule has 2 aromatic carbocycles. The number of benzene rings is 2. The van der Waals surface area contributed by atoms with E-state index in [0.29, 0.717) is 16.3 Å². The minimum atomic E-state index is -0.633. The molecule has 0 aliphatic rings. The number of carbonyl (C=O) groups is 3. The highest BCUT2D eigenvalue weighted by molar-refractivity contribution is 7.19. The molecule has 0 saturated heterocycles. The summed E-state index contributed by atoms with van der Waals surface area (Å²) in [6.45, 7) is -0.415. The van der Waals surface area contributed by atoms with Crippen molar-refractivity contribution in [1.82, 2.24) is 9.88 Å². The van der Waals surface area contributed by atoms with Gasteiger partial charge in [-0.05, 0) is 42.5 Å². The van der Waals surface area contributed by atoms with Crippen LogP contribution < -0.4 is 5.32 Å². The number of nitrogens with zero attached hydrogens (tertiary/aromatic N) is 2. The van der Waals surface area contributed by atoms with Crippen molar-refractivity contribution in [2.75, 3.05) is 26.0 Å². The average molecular weight is 409 g/mol. The number of para-hydroxylation sites is 1. The summed E-state index contributed by atoms with van der Waals surface area (Å²) in [7, 11) is 3.33. The van der Waals surface area contributed by atoms with E-state index in [2.05, 4.69) is 10.3 Å². The molecule has 1 aromatic heterocycles. The van der Waals surface area contributed by atoms with Crippen LogP contribution in [0.2, 0.25) is 0 Å². The van der Waals surface area contributed by atoms with Gasteiger partial charge in [0.1, 0.15) is 5.01 Å². The topological polar surface area (TPSA) is 88.6 Å². The van der Waals surface area contributed by atoms with E-state index in [0.717, 1.165) is 10.2 Å². The molecule has 1 N–H and O–H groups in total. The molecule has 0 fully saturated rings. The summed E-state index contributed by atoms with van der Waals surface area (Å²) < 4.78 is 5.97. The lowest BCUT2D eigenvalue weighted by Crippen LogP contribution is -2.22. The molecule has 0 saturated carbocycles. The van der Waals surface area contributed by atoms with Crippen LogP contribution in [0.5, 0.6) is 0 Å². The fourth-order valence-corrected chi connectivity index (χ4v) is 3.31. The van der Waals surface area contributed by atoms with Crippen LogP contribution in [-0.2, 0) is 14.3 Å². The molecule has 0 aliphatic carbocycles. The Balaban J connectivity index is 1.48. The molecule has 0 spiro atoms. The zero-order valence-corrected chi connectivity index (χ0v) is 16.7. The number of aromatic nitrogens is 1. The van der Waals surface area contributed by atoms with Crippen LogP contribution in [0, 0.1) is 0 Å². The number of carbonyl (C=O) groups excluding carboxylic acids is 3. The number of amides is 2. The first-order valence-electron chi connectivity index (χ1n) is 8.74. The summed E-state index contributed by atoms with van der Waals surface area (Å²) in [5.41, 5.74) is 1.88. The van der Waals surface area contributed by atoms with Crippen molar-refractivity contribution in [3.8, 4) is 0 Å². The first-order valence-corrected chi connectivity index (χ1v) is 9.56. The lowest BCUT2D eigenvalue weighted by Gasteiger charge is -2.11. The summed E-state index contributed by atoms with van der Waals surface area (Å²) in [5.74, 6) is -1.23. The van der Waals surface area contributed by atoms with Gasteiger partial charge in [-0.3, -0.25) is 9.59 Å². The van der Waals surface area contributed by atoms with E-state index < -0.39 is 18.5 Å². The molecule has 0 bridgehead atoms. The second-order valence-electron chi connectivity index (χ2n) is 6.29. The number of thiazole rings is 1. The molecule has 0 aliphatic heterocycles. The van der Waals surface area contributed by atoms with Crippen molar-refractivity contribution >= 4 is 51.1 Å². The van der Waals surface area contributed by atoms with Gasteiger partial charge in [0.25, 0.3) is 11.8 Å². The van der Waals surface area contributed by atoms with E-state index in [-0.39, 0.29) is 5.91 Å². The van der Waals surface area contributed by atoms with Crippen LogP contribution in [0.4, 0.5) is 5.69 Å². The number of fused-ring (bicyclic) bond motifs is 1. The van der Waals surface area contributed by atoms with Gasteiger partial charge in [0.05, 0.1) is 10.2 Å². The fraction of sp³-hybridized carbons (Fsp3) is 0.143. The van der Waals surface area contributed by atoms with Crippen LogP contribution in [0.15, 0.2) is 54.6 Å². The number of anilines is 1. The number of esters is 1. The van der Waals surface area contributed by atoms with E-state index in [4.69, 9.17) is 4.74 Å². The Morgan fingerprint density at radius 2 is 1.83 bits per heavy atom. The van der Waals surface area contributed by atoms with E-state index in [9.17, 15) is 14.4 Å². The summed E-state index contributed by atoms with van der Waals surface area (Å²) >= 11 is 1.46. The third kappa shape index (κ3) is 5.49. The van der Waals surface area contributed by atoms with Crippen LogP contribution in [0.3, 0.4) is 0 Å². The predicted octanol–water partition coefficient (Wildman–Crippen LogP) is 3.19. The Morgan fingerprint density at radius 3 is 2.52 bits per heavy atom. The quantitative estimate of drug-likeness (QED) is 0.499. The van der Waals surface area contributed by atoms with Gasteiger partial charge in [-0.1, -0.05) is 12.1 Å². The molecule has 0 unspecified atom stereocenters. The Morgan fingerprint density at radius 1 is 1.10 bits per heavy atom. The number of rotatable bonds is 6. The Labute approximate surface area is 171 Å². The molecule has 29 heavy (non-hydrogen) atoms. The fourth-order valence-electron chi connectivity index (χ4n) is 2.44. The van der Waals surface area contributed by atoms with Crippen LogP contribution in [0.1, 0.15) is 15.4 Å². The van der Waals surface area contributed by atoms with Gasteiger partial charge < -0.3 is 15.0 Å². The maximum atomic E-state index is 11.9. The Bertz CT molecular complexity index is 1040. The summed E-state index contributed by atoms with van der Waals surface area (Å²) in [5, 5.41) is 3.29. The van der Waals surface area contributed by atoms with Crippen molar-refractivity contribution in [2.24, 2.45) is 0 Å². The summed E-state index contributed by atoms with van der Waals surface area (Å²) in [4.78, 5) is 41.4. The largest absolute Gasteiger partial charge is 0.452 e. The Hall–Kier alpha value is -3.52. The highest BCUT2D eigenvalue weighted by Gasteiger charge is 2.09. The van der Waals surface area contributed by atoms with Gasteiger partial charge in [-0.2, -0.15) is 0 Å². The highest BCUT2D eigenvalue weighted by Crippen LogP contribution is 2.22. The average Bonchev–Trinajstić information content (AvgIpc) is 3.13. The van der Waals surface area contributed by atoms with Crippen LogP contribution in [-0.4, -0.2) is 48.4 Å². The molecular formula is C21H19N3O4S. The lowest BCUT2D eigenvalue weighted by atomic mass is 10.2. The van der Waals surface area contributed by atoms with Crippen LogP contribution in [0.25, 0.3) is 16.3 Å². The smallest absolute Gasteiger partial charge is 0.331 e. The highest BCUT2D eigenvalue weighted by atomic mass is 32.1. The van der Waals surface area contributed by atoms with Gasteiger partial charge in [0.2, 0.25) is 0 Å². The van der Waals surface area contributed by atoms with E-state index in [1.165, 1.54) is 22.3 Å². The molecule has 148 valence electrons.